The number of benzene rings is 19. The quantitative estimate of drug-likeness (QED) is 0.128. The van der Waals surface area contributed by atoms with Crippen LogP contribution in [0.2, 0.25) is 0 Å². The van der Waals surface area contributed by atoms with Crippen LogP contribution in [0.4, 0.5) is 0 Å². The molecule has 0 amide bonds. The number of rotatable bonds is 10. The zero-order valence-corrected chi connectivity index (χ0v) is 71.6. The Morgan fingerprint density at radius 3 is 0.780 bits per heavy atom. The largest absolute Gasteiger partial charge is 0.309 e. The third kappa shape index (κ3) is 12.5. The molecular formula is C123H79N9. The molecule has 0 N–H and O–H groups in total. The lowest BCUT2D eigenvalue weighted by Crippen LogP contribution is -1.95. The molecule has 9 aromatic heterocycles. The van der Waals surface area contributed by atoms with Gasteiger partial charge < -0.3 is 13.7 Å². The zero-order valence-electron chi connectivity index (χ0n) is 71.6. The van der Waals surface area contributed by atoms with Crippen LogP contribution in [0.15, 0.2) is 480 Å². The van der Waals surface area contributed by atoms with E-state index in [1.54, 1.807) is 0 Å². The Morgan fingerprint density at radius 2 is 0.371 bits per heavy atom. The van der Waals surface area contributed by atoms with E-state index in [1.807, 2.05) is 18.6 Å². The molecule has 0 atom stereocenters. The van der Waals surface area contributed by atoms with Gasteiger partial charge in [0, 0.05) is 134 Å². The highest BCUT2D eigenvalue weighted by Gasteiger charge is 2.23. The van der Waals surface area contributed by atoms with Crippen molar-refractivity contribution in [2.24, 2.45) is 0 Å². The summed E-state index contributed by atoms with van der Waals surface area (Å²) in [6, 6.07) is 165. The van der Waals surface area contributed by atoms with E-state index in [9.17, 15) is 0 Å². The number of fused-ring (bicyclic) bond motifs is 22. The van der Waals surface area contributed by atoms with Gasteiger partial charge in [0.05, 0.1) is 49.7 Å². The monoisotopic (exact) mass is 1680 g/mol. The van der Waals surface area contributed by atoms with Gasteiger partial charge in [-0.2, -0.15) is 0 Å². The van der Waals surface area contributed by atoms with Crippen LogP contribution in [0, 0.1) is 0 Å². The molecule has 0 fully saturated rings. The molecule has 132 heavy (non-hydrogen) atoms. The highest BCUT2D eigenvalue weighted by atomic mass is 15.1. The predicted octanol–water partition coefficient (Wildman–Crippen LogP) is 32.0. The van der Waals surface area contributed by atoms with Crippen molar-refractivity contribution in [1.29, 1.82) is 0 Å². The number of pyridine rings is 3. The first-order chi connectivity index (χ1) is 65.5. The summed E-state index contributed by atoms with van der Waals surface area (Å²) in [6.07, 6.45) is 6.06. The second-order valence-corrected chi connectivity index (χ2v) is 34.2. The van der Waals surface area contributed by atoms with Gasteiger partial charge in [0.15, 0.2) is 0 Å². The van der Waals surface area contributed by atoms with Crippen molar-refractivity contribution in [2.45, 2.75) is 0 Å². The second-order valence-electron chi connectivity index (χ2n) is 34.2. The summed E-state index contributed by atoms with van der Waals surface area (Å²) in [4.78, 5) is 15.2. The first-order valence-electron chi connectivity index (χ1n) is 45.0. The van der Waals surface area contributed by atoms with Crippen LogP contribution in [-0.2, 0) is 0 Å². The fourth-order valence-corrected chi connectivity index (χ4v) is 20.7. The van der Waals surface area contributed by atoms with Crippen LogP contribution in [0.5, 0.6) is 0 Å². The fourth-order valence-electron chi connectivity index (χ4n) is 20.7. The topological polar surface area (TPSA) is 68.2 Å². The Hall–Kier alpha value is -17.8. The standard InChI is InChI=1S/C43H27N3.C41H27N3.C39H25N3/c1-2-11-32(12-3-1)46-41-17-9-7-15-37(41)39-26-31(27-44-43(39)46)29-20-23-42-38(25-29)36-14-6-8-16-40(36)45(42)33-21-22-35-30(24-33)19-18-28-10-4-5-13-34(28)35;1-3-11-28(12-4-1)29-19-22-33(23-20-29)43-38-17-9-7-15-34(38)36-25-30(21-24-40(36)43)31-26-37-35-16-8-10-18-39(35)44(41(37)42-27-31)32-13-5-2-6-14-32;1-2-12-30(13-3-1)42-37-17-9-7-15-33(37)35-24-29(25-40-39(35)42)28-19-21-38-34(23-28)32-14-6-8-16-36(32)41(38)31-20-18-26-10-4-5-11-27(26)22-31/h1-27H;1-27H;1-25H. The third-order valence-corrected chi connectivity index (χ3v) is 26.8. The molecule has 0 saturated heterocycles. The molecule has 9 heterocycles. The van der Waals surface area contributed by atoms with Gasteiger partial charge in [0.2, 0.25) is 0 Å². The number of hydrogen-bond acceptors (Lipinski definition) is 3. The van der Waals surface area contributed by atoms with Crippen LogP contribution in [0.3, 0.4) is 0 Å². The highest BCUT2D eigenvalue weighted by Crippen LogP contribution is 2.44. The Morgan fingerprint density at radius 1 is 0.121 bits per heavy atom. The lowest BCUT2D eigenvalue weighted by Gasteiger charge is -2.11. The first kappa shape index (κ1) is 75.5. The third-order valence-electron chi connectivity index (χ3n) is 26.8. The van der Waals surface area contributed by atoms with Gasteiger partial charge in [-0.15, -0.1) is 0 Å². The van der Waals surface area contributed by atoms with Crippen LogP contribution in [0.1, 0.15) is 0 Å². The smallest absolute Gasteiger partial charge is 0.145 e. The predicted molar refractivity (Wildman–Crippen MR) is 553 cm³/mol. The van der Waals surface area contributed by atoms with Gasteiger partial charge in [-0.05, 0) is 224 Å². The molecular weight excluding hydrogens is 1600 g/mol. The van der Waals surface area contributed by atoms with Crippen molar-refractivity contribution < 1.29 is 0 Å². The van der Waals surface area contributed by atoms with E-state index in [1.165, 1.54) is 136 Å². The summed E-state index contributed by atoms with van der Waals surface area (Å²) < 4.78 is 13.9. The highest BCUT2D eigenvalue weighted by molar-refractivity contribution is 6.17. The van der Waals surface area contributed by atoms with Gasteiger partial charge in [0.1, 0.15) is 16.9 Å². The van der Waals surface area contributed by atoms with Crippen LogP contribution >= 0.6 is 0 Å². The summed E-state index contributed by atoms with van der Waals surface area (Å²) >= 11 is 0. The van der Waals surface area contributed by atoms with E-state index in [0.29, 0.717) is 0 Å². The van der Waals surface area contributed by atoms with E-state index in [-0.39, 0.29) is 0 Å². The summed E-state index contributed by atoms with van der Waals surface area (Å²) in [7, 11) is 0. The first-order valence-corrected chi connectivity index (χ1v) is 45.0. The zero-order chi connectivity index (χ0) is 86.9. The van der Waals surface area contributed by atoms with E-state index >= 15 is 0 Å². The molecule has 28 aromatic rings. The molecule has 0 unspecified atom stereocenters. The SMILES string of the molecule is c1ccc(-c2ccc(-n3c4ccccc4c4cc(-c5cnc6c(c5)c5ccccc5n6-c5ccccc5)ccc43)cc2)cc1.c1ccc(-n2c3ccccc3c3cc(-c4ccc5c(c4)c4ccccc4n5-c4ccc5c(ccc6ccccc65)c4)cnc32)cc1.c1ccc(-n2c3ccccc3c3cc(-c4ccc5c(c4)c4ccccc4n5-c4ccc5ccccc5c4)cnc32)cc1. The van der Waals surface area contributed by atoms with Crippen molar-refractivity contribution in [2.75, 3.05) is 0 Å². The summed E-state index contributed by atoms with van der Waals surface area (Å²) in [5.74, 6) is 0. The summed E-state index contributed by atoms with van der Waals surface area (Å²) in [5, 5.41) is 22.1. The second kappa shape index (κ2) is 31.1. The maximum absolute atomic E-state index is 5.07. The molecule has 0 spiro atoms. The molecule has 9 nitrogen and oxygen atoms in total. The van der Waals surface area contributed by atoms with Crippen LogP contribution in [0.25, 0.3) is 242 Å². The van der Waals surface area contributed by atoms with E-state index in [0.717, 1.165) is 106 Å². The Balaban J connectivity index is 0.000000104. The molecule has 0 aliphatic carbocycles. The molecule has 0 saturated carbocycles. The van der Waals surface area contributed by atoms with Gasteiger partial charge in [-0.25, -0.2) is 15.0 Å². The van der Waals surface area contributed by atoms with Crippen LogP contribution < -0.4 is 0 Å². The Labute approximate surface area is 759 Å². The van der Waals surface area contributed by atoms with Crippen molar-refractivity contribution in [3.63, 3.8) is 0 Å². The molecule has 19 aromatic carbocycles. The van der Waals surface area contributed by atoms with Gasteiger partial charge in [-0.3, -0.25) is 13.7 Å². The van der Waals surface area contributed by atoms with Crippen molar-refractivity contribution in [3.8, 4) is 78.6 Å². The molecule has 0 aliphatic rings. The Bertz CT molecular complexity index is 9460. The molecule has 0 radical (unpaired) electrons. The summed E-state index contributed by atoms with van der Waals surface area (Å²) in [5.41, 5.74) is 29.7. The van der Waals surface area contributed by atoms with Crippen molar-refractivity contribution >= 4 is 164 Å². The van der Waals surface area contributed by atoms with E-state index in [4.69, 9.17) is 15.0 Å². The molecule has 0 bridgehead atoms. The maximum atomic E-state index is 5.07. The minimum Gasteiger partial charge on any atom is -0.309 e. The van der Waals surface area contributed by atoms with Gasteiger partial charge in [-0.1, -0.05) is 297 Å². The minimum absolute atomic E-state index is 0.970. The molecule has 616 valence electrons. The lowest BCUT2D eigenvalue weighted by atomic mass is 10.0. The number of para-hydroxylation sites is 9. The van der Waals surface area contributed by atoms with Crippen molar-refractivity contribution in [3.05, 3.63) is 480 Å². The lowest BCUT2D eigenvalue weighted by molar-refractivity contribution is 1.14. The molecule has 0 aliphatic heterocycles. The maximum Gasteiger partial charge on any atom is 0.145 e. The molecule has 9 heteroatoms. The van der Waals surface area contributed by atoms with Gasteiger partial charge in [0.25, 0.3) is 0 Å². The average molecular weight is 1680 g/mol. The average Bonchev–Trinajstić information content (AvgIpc) is 1.61. The van der Waals surface area contributed by atoms with Crippen LogP contribution in [-0.4, -0.2) is 42.4 Å². The summed E-state index contributed by atoms with van der Waals surface area (Å²) in [6.45, 7) is 0. The fraction of sp³-hybridized carbons (Fsp3) is 0. The van der Waals surface area contributed by atoms with Gasteiger partial charge >= 0.3 is 0 Å². The minimum atomic E-state index is 0.970. The van der Waals surface area contributed by atoms with E-state index in [2.05, 4.69) is 488 Å². The number of nitrogens with zero attached hydrogens (tertiary/aromatic N) is 9. The van der Waals surface area contributed by atoms with E-state index < -0.39 is 0 Å². The normalized spacial score (nSPS) is 11.8. The molecule has 28 rings (SSSR count). The van der Waals surface area contributed by atoms with Crippen molar-refractivity contribution in [1.82, 2.24) is 42.4 Å². The number of aromatic nitrogens is 9. The Kier molecular flexibility index (Phi) is 17.8. The number of hydrogen-bond donors (Lipinski definition) is 0.